The van der Waals surface area contributed by atoms with Gasteiger partial charge in [-0.3, -0.25) is 0 Å². The average Bonchev–Trinajstić information content (AvgIpc) is 2.89. The topological polar surface area (TPSA) is 38.7 Å². The molecule has 4 aromatic rings. The van der Waals surface area contributed by atoms with Gasteiger partial charge in [0.1, 0.15) is 0 Å². The second kappa shape index (κ2) is 7.87. The van der Waals surface area contributed by atoms with Crippen LogP contribution in [0.15, 0.2) is 84.9 Å². The van der Waals surface area contributed by atoms with E-state index >= 15 is 0 Å². The van der Waals surface area contributed by atoms with Crippen LogP contribution in [0.3, 0.4) is 0 Å². The van der Waals surface area contributed by atoms with E-state index in [1.54, 1.807) is 0 Å². The number of aromatic nitrogens is 3. The molecule has 3 nitrogen and oxygen atoms in total. The van der Waals surface area contributed by atoms with Crippen molar-refractivity contribution in [2.45, 2.75) is 43.9 Å². The third kappa shape index (κ3) is 3.46. The summed E-state index contributed by atoms with van der Waals surface area (Å²) in [5.41, 5.74) is 5.03. The van der Waals surface area contributed by atoms with E-state index in [-0.39, 0.29) is 0 Å². The highest BCUT2D eigenvalue weighted by Gasteiger charge is 2.51. The standard InChI is InChI=1S/C31H29N3/c1-3-7-24(8-4-1)28-32-29(25-9-5-2-6-10-25)34-30(33-28)26-11-13-27(14-12-26)31-18-21-15-22(19-31)17-23(16-21)20-31/h1-14,21-23H,15-20H2. The maximum atomic E-state index is 4.90. The molecule has 0 spiro atoms. The maximum Gasteiger partial charge on any atom is 0.164 e. The largest absolute Gasteiger partial charge is 0.208 e. The Labute approximate surface area is 201 Å². The lowest BCUT2D eigenvalue weighted by molar-refractivity contribution is -0.00518. The summed E-state index contributed by atoms with van der Waals surface area (Å²) in [5, 5.41) is 0. The van der Waals surface area contributed by atoms with Crippen molar-refractivity contribution in [2.75, 3.05) is 0 Å². The van der Waals surface area contributed by atoms with Gasteiger partial charge in [0.15, 0.2) is 17.5 Å². The van der Waals surface area contributed by atoms with Gasteiger partial charge in [0.2, 0.25) is 0 Å². The van der Waals surface area contributed by atoms with Crippen LogP contribution in [0.25, 0.3) is 34.2 Å². The minimum atomic E-state index is 0.413. The van der Waals surface area contributed by atoms with Gasteiger partial charge >= 0.3 is 0 Å². The molecule has 3 aromatic carbocycles. The van der Waals surface area contributed by atoms with Crippen molar-refractivity contribution in [3.8, 4) is 34.2 Å². The maximum absolute atomic E-state index is 4.90. The molecule has 4 saturated carbocycles. The van der Waals surface area contributed by atoms with Crippen molar-refractivity contribution in [3.05, 3.63) is 90.5 Å². The molecule has 168 valence electrons. The third-order valence-electron chi connectivity index (χ3n) is 8.49. The van der Waals surface area contributed by atoms with Gasteiger partial charge in [-0.1, -0.05) is 84.9 Å². The Hall–Kier alpha value is -3.33. The quantitative estimate of drug-likeness (QED) is 0.331. The Morgan fingerprint density at radius 1 is 0.471 bits per heavy atom. The lowest BCUT2D eigenvalue weighted by atomic mass is 9.48. The van der Waals surface area contributed by atoms with Crippen LogP contribution in [0, 0.1) is 17.8 Å². The van der Waals surface area contributed by atoms with Crippen molar-refractivity contribution >= 4 is 0 Å². The monoisotopic (exact) mass is 443 g/mol. The molecule has 1 aromatic heterocycles. The molecule has 34 heavy (non-hydrogen) atoms. The predicted octanol–water partition coefficient (Wildman–Crippen LogP) is 7.34. The Morgan fingerprint density at radius 3 is 1.26 bits per heavy atom. The highest BCUT2D eigenvalue weighted by Crippen LogP contribution is 2.60. The molecule has 0 saturated heterocycles. The van der Waals surface area contributed by atoms with Gasteiger partial charge in [-0.05, 0) is 67.3 Å². The molecule has 8 rings (SSSR count). The van der Waals surface area contributed by atoms with Crippen molar-refractivity contribution in [2.24, 2.45) is 17.8 Å². The molecular weight excluding hydrogens is 414 g/mol. The number of hydrogen-bond acceptors (Lipinski definition) is 3. The van der Waals surface area contributed by atoms with Gasteiger partial charge in [-0.2, -0.15) is 0 Å². The highest BCUT2D eigenvalue weighted by atomic mass is 15.0. The van der Waals surface area contributed by atoms with Gasteiger partial charge < -0.3 is 0 Å². The minimum absolute atomic E-state index is 0.413. The number of rotatable bonds is 4. The summed E-state index contributed by atoms with van der Waals surface area (Å²) in [4.78, 5) is 14.6. The Balaban J connectivity index is 1.28. The summed E-state index contributed by atoms with van der Waals surface area (Å²) < 4.78 is 0. The van der Waals surface area contributed by atoms with E-state index in [1.807, 2.05) is 36.4 Å². The van der Waals surface area contributed by atoms with Crippen LogP contribution in [-0.2, 0) is 5.41 Å². The molecule has 0 N–H and O–H groups in total. The lowest BCUT2D eigenvalue weighted by Crippen LogP contribution is -2.48. The normalized spacial score (nSPS) is 27.1. The Kier molecular flexibility index (Phi) is 4.65. The van der Waals surface area contributed by atoms with Gasteiger partial charge in [-0.15, -0.1) is 0 Å². The number of hydrogen-bond donors (Lipinski definition) is 0. The van der Waals surface area contributed by atoms with Crippen LogP contribution in [0.1, 0.15) is 44.1 Å². The first-order chi connectivity index (χ1) is 16.7. The summed E-state index contributed by atoms with van der Waals surface area (Å²) in [7, 11) is 0. The van der Waals surface area contributed by atoms with Crippen molar-refractivity contribution in [1.82, 2.24) is 15.0 Å². The molecule has 0 radical (unpaired) electrons. The van der Waals surface area contributed by atoms with E-state index in [2.05, 4.69) is 48.5 Å². The van der Waals surface area contributed by atoms with Crippen LogP contribution < -0.4 is 0 Å². The first kappa shape index (κ1) is 20.1. The summed E-state index contributed by atoms with van der Waals surface area (Å²) in [5.74, 6) is 5.04. The third-order valence-corrected chi connectivity index (χ3v) is 8.49. The average molecular weight is 444 g/mol. The summed E-state index contributed by atoms with van der Waals surface area (Å²) in [6.45, 7) is 0. The van der Waals surface area contributed by atoms with E-state index in [0.717, 1.165) is 51.9 Å². The van der Waals surface area contributed by atoms with Gasteiger partial charge in [-0.25, -0.2) is 15.0 Å². The van der Waals surface area contributed by atoms with Crippen molar-refractivity contribution in [3.63, 3.8) is 0 Å². The minimum Gasteiger partial charge on any atom is -0.208 e. The molecule has 0 amide bonds. The van der Waals surface area contributed by atoms with E-state index in [9.17, 15) is 0 Å². The molecule has 3 heteroatoms. The molecule has 0 aliphatic heterocycles. The number of nitrogens with zero attached hydrogens (tertiary/aromatic N) is 3. The first-order valence-corrected chi connectivity index (χ1v) is 12.7. The van der Waals surface area contributed by atoms with Gasteiger partial charge in [0, 0.05) is 16.7 Å². The zero-order valence-corrected chi connectivity index (χ0v) is 19.4. The fourth-order valence-corrected chi connectivity index (χ4v) is 7.37. The molecule has 1 heterocycles. The predicted molar refractivity (Wildman–Crippen MR) is 136 cm³/mol. The molecular formula is C31H29N3. The molecule has 4 fully saturated rings. The van der Waals surface area contributed by atoms with Crippen LogP contribution in [0.4, 0.5) is 0 Å². The van der Waals surface area contributed by atoms with Crippen LogP contribution in [0.5, 0.6) is 0 Å². The van der Waals surface area contributed by atoms with Crippen LogP contribution in [-0.4, -0.2) is 15.0 Å². The van der Waals surface area contributed by atoms with Crippen molar-refractivity contribution < 1.29 is 0 Å². The molecule has 0 atom stereocenters. The summed E-state index contributed by atoms with van der Waals surface area (Å²) >= 11 is 0. The molecule has 4 aliphatic rings. The van der Waals surface area contributed by atoms with E-state index < -0.39 is 0 Å². The smallest absolute Gasteiger partial charge is 0.164 e. The van der Waals surface area contributed by atoms with Gasteiger partial charge in [0.25, 0.3) is 0 Å². The Morgan fingerprint density at radius 2 is 0.853 bits per heavy atom. The highest BCUT2D eigenvalue weighted by molar-refractivity contribution is 5.66. The van der Waals surface area contributed by atoms with E-state index in [4.69, 9.17) is 15.0 Å². The van der Waals surface area contributed by atoms with Crippen LogP contribution >= 0.6 is 0 Å². The molecule has 0 unspecified atom stereocenters. The zero-order chi connectivity index (χ0) is 22.5. The van der Waals surface area contributed by atoms with E-state index in [0.29, 0.717) is 5.41 Å². The Bertz CT molecular complexity index is 1220. The van der Waals surface area contributed by atoms with Crippen LogP contribution in [0.2, 0.25) is 0 Å². The second-order valence-corrected chi connectivity index (χ2v) is 10.8. The fourth-order valence-electron chi connectivity index (χ4n) is 7.37. The van der Waals surface area contributed by atoms with Gasteiger partial charge in [0.05, 0.1) is 0 Å². The lowest BCUT2D eigenvalue weighted by Gasteiger charge is -2.57. The summed E-state index contributed by atoms with van der Waals surface area (Å²) in [6.07, 6.45) is 8.60. The van der Waals surface area contributed by atoms with Crippen molar-refractivity contribution in [1.29, 1.82) is 0 Å². The van der Waals surface area contributed by atoms with E-state index in [1.165, 1.54) is 44.1 Å². The summed E-state index contributed by atoms with van der Waals surface area (Å²) in [6, 6.07) is 29.6. The molecule has 4 bridgehead atoms. The number of benzene rings is 3. The molecule has 4 aliphatic carbocycles. The zero-order valence-electron chi connectivity index (χ0n) is 19.4. The fraction of sp³-hybridized carbons (Fsp3) is 0.323. The SMILES string of the molecule is c1ccc(-c2nc(-c3ccccc3)nc(-c3ccc(C45CC6CC(CC(C6)C4)C5)cc3)n2)cc1. The second-order valence-electron chi connectivity index (χ2n) is 10.8. The first-order valence-electron chi connectivity index (χ1n) is 12.7.